The molecule has 0 atom stereocenters. The van der Waals surface area contributed by atoms with Gasteiger partial charge in [-0.25, -0.2) is 13.1 Å². The van der Waals surface area contributed by atoms with Crippen molar-refractivity contribution in [3.8, 4) is 6.07 Å². The minimum Gasteiger partial charge on any atom is -0.399 e. The Labute approximate surface area is 94.2 Å². The average molecular weight is 237 g/mol. The second-order valence-corrected chi connectivity index (χ2v) is 4.74. The monoisotopic (exact) mass is 237 g/mol. The van der Waals surface area contributed by atoms with Crippen LogP contribution in [0.1, 0.15) is 5.56 Å². The van der Waals surface area contributed by atoms with Gasteiger partial charge in [-0.2, -0.15) is 5.26 Å². The predicted molar refractivity (Wildman–Crippen MR) is 61.0 cm³/mol. The fraction of sp³-hybridized carbons (Fsp3) is 0.100. The van der Waals surface area contributed by atoms with Gasteiger partial charge >= 0.3 is 0 Å². The molecule has 0 saturated carbocycles. The van der Waals surface area contributed by atoms with Gasteiger partial charge in [-0.05, 0) is 18.2 Å². The Morgan fingerprint density at radius 3 is 2.81 bits per heavy atom. The van der Waals surface area contributed by atoms with Crippen molar-refractivity contribution < 1.29 is 8.42 Å². The first-order valence-electron chi connectivity index (χ1n) is 4.41. The molecule has 6 heteroatoms. The number of nitriles is 1. The first kappa shape index (κ1) is 12.2. The summed E-state index contributed by atoms with van der Waals surface area (Å²) in [5.74, 6) is 0. The molecule has 1 aromatic rings. The summed E-state index contributed by atoms with van der Waals surface area (Å²) in [5.41, 5.74) is 5.84. The highest BCUT2D eigenvalue weighted by molar-refractivity contribution is 7.89. The van der Waals surface area contributed by atoms with Gasteiger partial charge in [0.05, 0.1) is 10.5 Å². The van der Waals surface area contributed by atoms with Crippen molar-refractivity contribution in [1.29, 1.82) is 5.26 Å². The Morgan fingerprint density at radius 1 is 1.56 bits per heavy atom. The van der Waals surface area contributed by atoms with Crippen molar-refractivity contribution in [2.75, 3.05) is 12.3 Å². The summed E-state index contributed by atoms with van der Waals surface area (Å²) in [6.45, 7) is 3.51. The molecule has 0 bridgehead atoms. The summed E-state index contributed by atoms with van der Waals surface area (Å²) in [7, 11) is -3.68. The molecule has 0 aromatic heterocycles. The largest absolute Gasteiger partial charge is 0.399 e. The van der Waals surface area contributed by atoms with Crippen LogP contribution in [0.3, 0.4) is 0 Å². The number of hydrogen-bond donors (Lipinski definition) is 2. The number of nitrogens with zero attached hydrogens (tertiary/aromatic N) is 1. The van der Waals surface area contributed by atoms with E-state index in [1.165, 1.54) is 24.3 Å². The zero-order chi connectivity index (χ0) is 12.2. The number of nitrogen functional groups attached to an aromatic ring is 1. The quantitative estimate of drug-likeness (QED) is 0.592. The molecule has 0 aliphatic rings. The van der Waals surface area contributed by atoms with E-state index in [0.29, 0.717) is 5.69 Å². The summed E-state index contributed by atoms with van der Waals surface area (Å²) >= 11 is 0. The van der Waals surface area contributed by atoms with Crippen molar-refractivity contribution >= 4 is 15.7 Å². The highest BCUT2D eigenvalue weighted by Gasteiger charge is 2.17. The molecule has 0 spiro atoms. The molecular formula is C10H11N3O2S. The standard InChI is InChI=1S/C10H11N3O2S/c1-2-5-13-16(14,15)10-4-3-9(12)6-8(10)7-11/h2-4,6,13H,1,5,12H2. The first-order valence-corrected chi connectivity index (χ1v) is 5.90. The lowest BCUT2D eigenvalue weighted by molar-refractivity contribution is 0.585. The van der Waals surface area contributed by atoms with Gasteiger partial charge in [-0.3, -0.25) is 0 Å². The Morgan fingerprint density at radius 2 is 2.25 bits per heavy atom. The topological polar surface area (TPSA) is 96.0 Å². The van der Waals surface area contributed by atoms with Gasteiger partial charge in [0.25, 0.3) is 0 Å². The van der Waals surface area contributed by atoms with E-state index in [9.17, 15) is 8.42 Å². The number of benzene rings is 1. The van der Waals surface area contributed by atoms with Crippen LogP contribution in [0.4, 0.5) is 5.69 Å². The fourth-order valence-electron chi connectivity index (χ4n) is 1.12. The normalized spacial score (nSPS) is 10.7. The van der Waals surface area contributed by atoms with Crippen LogP contribution in [0, 0.1) is 11.3 Å². The summed E-state index contributed by atoms with van der Waals surface area (Å²) in [6, 6.07) is 5.85. The predicted octanol–water partition coefficient (Wildman–Crippen LogP) is 0.605. The Hall–Kier alpha value is -1.84. The van der Waals surface area contributed by atoms with E-state index in [2.05, 4.69) is 11.3 Å². The van der Waals surface area contributed by atoms with E-state index in [0.717, 1.165) is 0 Å². The number of anilines is 1. The molecule has 16 heavy (non-hydrogen) atoms. The summed E-state index contributed by atoms with van der Waals surface area (Å²) in [6.07, 6.45) is 1.42. The Bertz CT molecular complexity index is 544. The average Bonchev–Trinajstić information content (AvgIpc) is 2.26. The van der Waals surface area contributed by atoms with Crippen molar-refractivity contribution in [2.45, 2.75) is 4.90 Å². The fourth-order valence-corrected chi connectivity index (χ4v) is 2.25. The van der Waals surface area contributed by atoms with E-state index in [4.69, 9.17) is 11.0 Å². The van der Waals surface area contributed by atoms with Crippen LogP contribution in [0.25, 0.3) is 0 Å². The van der Waals surface area contributed by atoms with E-state index < -0.39 is 10.0 Å². The minimum atomic E-state index is -3.68. The van der Waals surface area contributed by atoms with E-state index in [-0.39, 0.29) is 17.0 Å². The third-order valence-corrected chi connectivity index (χ3v) is 3.31. The van der Waals surface area contributed by atoms with Gasteiger partial charge in [0, 0.05) is 12.2 Å². The third kappa shape index (κ3) is 2.59. The van der Waals surface area contributed by atoms with Crippen LogP contribution < -0.4 is 10.5 Å². The lowest BCUT2D eigenvalue weighted by Crippen LogP contribution is -2.24. The molecule has 0 aliphatic heterocycles. The highest BCUT2D eigenvalue weighted by atomic mass is 32.2. The molecular weight excluding hydrogens is 226 g/mol. The molecule has 0 amide bonds. The molecule has 0 radical (unpaired) electrons. The minimum absolute atomic E-state index is 0.0246. The molecule has 1 aromatic carbocycles. The molecule has 3 N–H and O–H groups in total. The van der Waals surface area contributed by atoms with Crippen LogP contribution in [0.5, 0.6) is 0 Å². The van der Waals surface area contributed by atoms with Crippen LogP contribution in [0.15, 0.2) is 35.7 Å². The van der Waals surface area contributed by atoms with E-state index in [1.807, 2.05) is 0 Å². The SMILES string of the molecule is C=CCNS(=O)(=O)c1ccc(N)cc1C#N. The molecule has 1 rings (SSSR count). The van der Waals surface area contributed by atoms with Crippen LogP contribution in [-0.4, -0.2) is 15.0 Å². The van der Waals surface area contributed by atoms with Crippen LogP contribution in [-0.2, 0) is 10.0 Å². The number of rotatable bonds is 4. The Kier molecular flexibility index (Phi) is 3.66. The lowest BCUT2D eigenvalue weighted by Gasteiger charge is -2.06. The molecule has 0 unspecified atom stereocenters. The summed E-state index contributed by atoms with van der Waals surface area (Å²) < 4.78 is 25.7. The lowest BCUT2D eigenvalue weighted by atomic mass is 10.2. The van der Waals surface area contributed by atoms with E-state index in [1.54, 1.807) is 6.07 Å². The van der Waals surface area contributed by atoms with Crippen molar-refractivity contribution in [3.63, 3.8) is 0 Å². The molecule has 84 valence electrons. The number of sulfonamides is 1. The molecule has 0 heterocycles. The van der Waals surface area contributed by atoms with Gasteiger partial charge in [0.1, 0.15) is 6.07 Å². The van der Waals surface area contributed by atoms with Gasteiger partial charge in [-0.1, -0.05) is 6.08 Å². The van der Waals surface area contributed by atoms with E-state index >= 15 is 0 Å². The van der Waals surface area contributed by atoms with Crippen LogP contribution in [0.2, 0.25) is 0 Å². The molecule has 5 nitrogen and oxygen atoms in total. The number of nitrogens with two attached hydrogens (primary N) is 1. The third-order valence-electron chi connectivity index (χ3n) is 1.83. The number of nitrogens with one attached hydrogen (secondary N) is 1. The maximum absolute atomic E-state index is 11.7. The zero-order valence-corrected chi connectivity index (χ0v) is 9.29. The van der Waals surface area contributed by atoms with Gasteiger partial charge in [-0.15, -0.1) is 6.58 Å². The second-order valence-electron chi connectivity index (χ2n) is 3.01. The zero-order valence-electron chi connectivity index (χ0n) is 8.47. The highest BCUT2D eigenvalue weighted by Crippen LogP contribution is 2.17. The van der Waals surface area contributed by atoms with Gasteiger partial charge in [0.15, 0.2) is 0 Å². The van der Waals surface area contributed by atoms with Crippen LogP contribution >= 0.6 is 0 Å². The maximum Gasteiger partial charge on any atom is 0.242 e. The Balaban J connectivity index is 3.23. The van der Waals surface area contributed by atoms with Crippen molar-refractivity contribution in [3.05, 3.63) is 36.4 Å². The first-order chi connectivity index (χ1) is 7.51. The van der Waals surface area contributed by atoms with Crippen molar-refractivity contribution in [1.82, 2.24) is 4.72 Å². The molecule has 0 fully saturated rings. The van der Waals surface area contributed by atoms with Crippen molar-refractivity contribution in [2.24, 2.45) is 0 Å². The second kappa shape index (κ2) is 4.79. The summed E-state index contributed by atoms with van der Waals surface area (Å²) in [5, 5.41) is 8.81. The molecule has 0 saturated heterocycles. The van der Waals surface area contributed by atoms with Gasteiger partial charge in [0.2, 0.25) is 10.0 Å². The number of hydrogen-bond acceptors (Lipinski definition) is 4. The molecule has 0 aliphatic carbocycles. The summed E-state index contributed by atoms with van der Waals surface area (Å²) in [4.78, 5) is -0.0777. The smallest absolute Gasteiger partial charge is 0.242 e. The van der Waals surface area contributed by atoms with Gasteiger partial charge < -0.3 is 5.73 Å². The maximum atomic E-state index is 11.7.